The highest BCUT2D eigenvalue weighted by Gasteiger charge is 2.15. The molecule has 2 rings (SSSR count). The molecule has 0 amide bonds. The van der Waals surface area contributed by atoms with Crippen molar-refractivity contribution >= 4 is 31.6 Å². The number of nitrogens with one attached hydrogen (secondary N) is 2. The summed E-state index contributed by atoms with van der Waals surface area (Å²) >= 11 is 3.36. The number of halogens is 1. The smallest absolute Gasteiger partial charge is 0.238 e. The minimum absolute atomic E-state index is 0.113. The van der Waals surface area contributed by atoms with Gasteiger partial charge >= 0.3 is 0 Å². The molecule has 1 fully saturated rings. The molecule has 1 saturated heterocycles. The van der Waals surface area contributed by atoms with E-state index < -0.39 is 10.0 Å². The zero-order chi connectivity index (χ0) is 13.2. The quantitative estimate of drug-likeness (QED) is 0.777. The molecule has 0 radical (unpaired) electrons. The first-order valence-corrected chi connectivity index (χ1v) is 8.10. The largest absolute Gasteiger partial charge is 0.380 e. The van der Waals surface area contributed by atoms with Crippen molar-refractivity contribution in [2.45, 2.75) is 23.8 Å². The third kappa shape index (κ3) is 3.44. The van der Waals surface area contributed by atoms with Crippen molar-refractivity contribution in [3.8, 4) is 0 Å². The van der Waals surface area contributed by atoms with E-state index in [9.17, 15) is 8.42 Å². The zero-order valence-electron chi connectivity index (χ0n) is 9.82. The maximum Gasteiger partial charge on any atom is 0.238 e. The molecule has 0 aliphatic carbocycles. The molecule has 4 N–H and O–H groups in total. The van der Waals surface area contributed by atoms with Crippen LogP contribution in [0.5, 0.6) is 0 Å². The molecular weight excluding hydrogens is 318 g/mol. The zero-order valence-corrected chi connectivity index (χ0v) is 12.2. The fourth-order valence-electron chi connectivity index (χ4n) is 1.98. The van der Waals surface area contributed by atoms with Crippen LogP contribution in [0.3, 0.4) is 0 Å². The van der Waals surface area contributed by atoms with Crippen LogP contribution in [-0.4, -0.2) is 27.5 Å². The van der Waals surface area contributed by atoms with Gasteiger partial charge in [0, 0.05) is 22.7 Å². The number of anilines is 1. The Bertz CT molecular complexity index is 527. The molecule has 1 aromatic rings. The maximum absolute atomic E-state index is 11.2. The molecule has 1 aromatic carbocycles. The molecular formula is C11H16BrN3O2S. The van der Waals surface area contributed by atoms with E-state index in [0.29, 0.717) is 10.5 Å². The molecule has 1 aliphatic heterocycles. The summed E-state index contributed by atoms with van der Waals surface area (Å²) in [5.74, 6) is 0. The summed E-state index contributed by atoms with van der Waals surface area (Å²) in [6.45, 7) is 1.98. The summed E-state index contributed by atoms with van der Waals surface area (Å²) in [6.07, 6.45) is 2.25. The molecule has 0 aromatic heterocycles. The standard InChI is InChI=1S/C11H16BrN3O2S/c12-10-6-9(18(13,16)17)3-4-11(10)15-8-2-1-5-14-7-8/h3-4,6,8,14-15H,1-2,5,7H2,(H2,13,16,17). The van der Waals surface area contributed by atoms with Crippen molar-refractivity contribution in [3.63, 3.8) is 0 Å². The van der Waals surface area contributed by atoms with Crippen LogP contribution >= 0.6 is 15.9 Å². The summed E-state index contributed by atoms with van der Waals surface area (Å²) in [5, 5.41) is 11.8. The van der Waals surface area contributed by atoms with Gasteiger partial charge in [0.2, 0.25) is 10.0 Å². The van der Waals surface area contributed by atoms with E-state index in [-0.39, 0.29) is 4.90 Å². The average Bonchev–Trinajstić information content (AvgIpc) is 2.32. The molecule has 100 valence electrons. The van der Waals surface area contributed by atoms with E-state index in [1.807, 2.05) is 0 Å². The molecule has 5 nitrogen and oxygen atoms in total. The van der Waals surface area contributed by atoms with Gasteiger partial charge < -0.3 is 10.6 Å². The lowest BCUT2D eigenvalue weighted by molar-refractivity contribution is 0.480. The minimum Gasteiger partial charge on any atom is -0.380 e. The average molecular weight is 334 g/mol. The molecule has 18 heavy (non-hydrogen) atoms. The Hall–Kier alpha value is -0.630. The normalized spacial score (nSPS) is 20.7. The van der Waals surface area contributed by atoms with E-state index in [1.165, 1.54) is 12.1 Å². The van der Waals surface area contributed by atoms with E-state index in [1.54, 1.807) is 6.07 Å². The van der Waals surface area contributed by atoms with Crippen molar-refractivity contribution in [1.82, 2.24) is 5.32 Å². The predicted octanol–water partition coefficient (Wildman–Crippen LogP) is 1.26. The predicted molar refractivity (Wildman–Crippen MR) is 75.0 cm³/mol. The molecule has 0 spiro atoms. The highest BCUT2D eigenvalue weighted by atomic mass is 79.9. The van der Waals surface area contributed by atoms with Gasteiger partial charge in [0.1, 0.15) is 0 Å². The van der Waals surface area contributed by atoms with Gasteiger partial charge in [-0.3, -0.25) is 0 Å². The van der Waals surface area contributed by atoms with Crippen LogP contribution in [0.25, 0.3) is 0 Å². The van der Waals surface area contributed by atoms with Gasteiger partial charge in [-0.15, -0.1) is 0 Å². The molecule has 1 atom stereocenters. The first-order valence-electron chi connectivity index (χ1n) is 5.76. The lowest BCUT2D eigenvalue weighted by atomic mass is 10.1. The fraction of sp³-hybridized carbons (Fsp3) is 0.455. The molecule has 7 heteroatoms. The molecule has 0 bridgehead atoms. The first kappa shape index (κ1) is 13.8. The third-order valence-corrected chi connectivity index (χ3v) is 4.49. The van der Waals surface area contributed by atoms with Crippen LogP contribution in [0.4, 0.5) is 5.69 Å². The Labute approximate surface area is 115 Å². The molecule has 1 heterocycles. The summed E-state index contributed by atoms with van der Waals surface area (Å²) in [4.78, 5) is 0.113. The lowest BCUT2D eigenvalue weighted by Crippen LogP contribution is -2.38. The van der Waals surface area contributed by atoms with E-state index in [2.05, 4.69) is 26.6 Å². The second-order valence-electron chi connectivity index (χ2n) is 4.37. The Morgan fingerprint density at radius 3 is 2.78 bits per heavy atom. The van der Waals surface area contributed by atoms with Crippen LogP contribution in [0.1, 0.15) is 12.8 Å². The monoisotopic (exact) mass is 333 g/mol. The Morgan fingerprint density at radius 2 is 2.22 bits per heavy atom. The van der Waals surface area contributed by atoms with Crippen molar-refractivity contribution in [2.75, 3.05) is 18.4 Å². The lowest BCUT2D eigenvalue weighted by Gasteiger charge is -2.25. The number of hydrogen-bond donors (Lipinski definition) is 3. The number of rotatable bonds is 3. The third-order valence-electron chi connectivity index (χ3n) is 2.93. The Morgan fingerprint density at radius 1 is 1.44 bits per heavy atom. The van der Waals surface area contributed by atoms with E-state index >= 15 is 0 Å². The van der Waals surface area contributed by atoms with Gasteiger partial charge in [-0.05, 0) is 53.5 Å². The van der Waals surface area contributed by atoms with Gasteiger partial charge in [-0.25, -0.2) is 13.6 Å². The van der Waals surface area contributed by atoms with Gasteiger partial charge in [0.25, 0.3) is 0 Å². The van der Waals surface area contributed by atoms with Crippen molar-refractivity contribution in [3.05, 3.63) is 22.7 Å². The van der Waals surface area contributed by atoms with Crippen molar-refractivity contribution in [2.24, 2.45) is 5.14 Å². The topological polar surface area (TPSA) is 84.2 Å². The van der Waals surface area contributed by atoms with E-state index in [0.717, 1.165) is 31.6 Å². The SMILES string of the molecule is NS(=O)(=O)c1ccc(NC2CCCNC2)c(Br)c1. The highest BCUT2D eigenvalue weighted by Crippen LogP contribution is 2.26. The molecule has 0 saturated carbocycles. The van der Waals surface area contributed by atoms with E-state index in [4.69, 9.17) is 5.14 Å². The number of benzene rings is 1. The van der Waals surface area contributed by atoms with Gasteiger partial charge in [0.05, 0.1) is 4.90 Å². The Kier molecular flexibility index (Phi) is 4.26. The van der Waals surface area contributed by atoms with Gasteiger partial charge in [0.15, 0.2) is 0 Å². The molecule has 1 unspecified atom stereocenters. The second kappa shape index (κ2) is 5.56. The maximum atomic E-state index is 11.2. The van der Waals surface area contributed by atoms with Crippen molar-refractivity contribution in [1.29, 1.82) is 0 Å². The van der Waals surface area contributed by atoms with Crippen molar-refractivity contribution < 1.29 is 8.42 Å². The van der Waals surface area contributed by atoms with Gasteiger partial charge in [-0.2, -0.15) is 0 Å². The van der Waals surface area contributed by atoms with Gasteiger partial charge in [-0.1, -0.05) is 0 Å². The van der Waals surface area contributed by atoms with Crippen LogP contribution in [0.15, 0.2) is 27.6 Å². The summed E-state index contributed by atoms with van der Waals surface area (Å²) in [5.41, 5.74) is 0.885. The number of sulfonamides is 1. The highest BCUT2D eigenvalue weighted by molar-refractivity contribution is 9.10. The Balaban J connectivity index is 2.14. The van der Waals surface area contributed by atoms with Crippen LogP contribution < -0.4 is 15.8 Å². The minimum atomic E-state index is -3.65. The summed E-state index contributed by atoms with van der Waals surface area (Å²) in [6, 6.07) is 5.14. The van der Waals surface area contributed by atoms with Crippen LogP contribution in [-0.2, 0) is 10.0 Å². The summed E-state index contributed by atoms with van der Waals surface area (Å²) in [7, 11) is -3.65. The molecule has 1 aliphatic rings. The van der Waals surface area contributed by atoms with Crippen LogP contribution in [0, 0.1) is 0 Å². The fourth-order valence-corrected chi connectivity index (χ4v) is 3.17. The number of nitrogens with two attached hydrogens (primary N) is 1. The number of primary sulfonamides is 1. The number of hydrogen-bond acceptors (Lipinski definition) is 4. The van der Waals surface area contributed by atoms with Crippen LogP contribution in [0.2, 0.25) is 0 Å². The number of piperidine rings is 1. The second-order valence-corrected chi connectivity index (χ2v) is 6.79. The first-order chi connectivity index (χ1) is 8.47. The summed E-state index contributed by atoms with van der Waals surface area (Å²) < 4.78 is 23.1.